The molecule has 0 atom stereocenters. The number of anilines is 1. The maximum atomic E-state index is 12.0. The largest absolute Gasteiger partial charge is 0.376 e. The molecule has 1 saturated heterocycles. The highest BCUT2D eigenvalue weighted by Crippen LogP contribution is 2.29. The summed E-state index contributed by atoms with van der Waals surface area (Å²) in [5.74, 6) is -0.205. The van der Waals surface area contributed by atoms with Gasteiger partial charge in [-0.15, -0.1) is 0 Å². The van der Waals surface area contributed by atoms with Crippen molar-refractivity contribution in [3.05, 3.63) is 29.8 Å². The Morgan fingerprint density at radius 2 is 2.05 bits per heavy atom. The molecule has 1 aromatic carbocycles. The number of benzene rings is 1. The van der Waals surface area contributed by atoms with E-state index in [-0.39, 0.29) is 23.9 Å². The van der Waals surface area contributed by atoms with Crippen molar-refractivity contribution < 1.29 is 9.59 Å². The highest BCUT2D eigenvalue weighted by atomic mass is 16.2. The minimum Gasteiger partial charge on any atom is -0.376 e. The number of amides is 3. The molecule has 1 aliphatic heterocycles. The topological polar surface area (TPSA) is 61.4 Å². The summed E-state index contributed by atoms with van der Waals surface area (Å²) >= 11 is 0. The van der Waals surface area contributed by atoms with Gasteiger partial charge in [-0.3, -0.25) is 9.69 Å². The first-order valence-corrected chi connectivity index (χ1v) is 6.81. The van der Waals surface area contributed by atoms with E-state index in [4.69, 9.17) is 0 Å². The quantitative estimate of drug-likeness (QED) is 0.886. The monoisotopic (exact) mass is 275 g/mol. The van der Waals surface area contributed by atoms with Gasteiger partial charge in [-0.1, -0.05) is 39.0 Å². The molecule has 2 N–H and O–H groups in total. The van der Waals surface area contributed by atoms with Crippen LogP contribution in [0, 0.1) is 0 Å². The predicted molar refractivity (Wildman–Crippen MR) is 78.7 cm³/mol. The molecule has 20 heavy (non-hydrogen) atoms. The maximum Gasteiger partial charge on any atom is 0.324 e. The van der Waals surface area contributed by atoms with E-state index in [1.165, 1.54) is 4.90 Å². The Kier molecular flexibility index (Phi) is 3.97. The smallest absolute Gasteiger partial charge is 0.324 e. The summed E-state index contributed by atoms with van der Waals surface area (Å²) in [5, 5.41) is 5.77. The lowest BCUT2D eigenvalue weighted by Gasteiger charge is -2.23. The van der Waals surface area contributed by atoms with Gasteiger partial charge in [-0.2, -0.15) is 0 Å². The van der Waals surface area contributed by atoms with Crippen LogP contribution in [-0.4, -0.2) is 36.5 Å². The number of urea groups is 1. The Labute approximate surface area is 119 Å². The molecule has 108 valence electrons. The molecular weight excluding hydrogens is 254 g/mol. The molecule has 1 aliphatic rings. The van der Waals surface area contributed by atoms with Crippen molar-refractivity contribution in [2.75, 3.05) is 25.0 Å². The summed E-state index contributed by atoms with van der Waals surface area (Å²) in [4.78, 5) is 24.7. The third kappa shape index (κ3) is 3.10. The molecule has 5 heteroatoms. The van der Waals surface area contributed by atoms with Crippen LogP contribution in [0.5, 0.6) is 0 Å². The molecule has 0 aliphatic carbocycles. The van der Waals surface area contributed by atoms with Crippen molar-refractivity contribution in [2.24, 2.45) is 0 Å². The zero-order valence-corrected chi connectivity index (χ0v) is 12.2. The Morgan fingerprint density at radius 1 is 1.35 bits per heavy atom. The molecule has 2 rings (SSSR count). The fourth-order valence-electron chi connectivity index (χ4n) is 2.27. The minimum atomic E-state index is -0.305. The average Bonchev–Trinajstić information content (AvgIpc) is 2.81. The molecular formula is C15H21N3O2. The summed E-state index contributed by atoms with van der Waals surface area (Å²) in [6.45, 7) is 7.49. The van der Waals surface area contributed by atoms with Gasteiger partial charge in [0, 0.05) is 18.8 Å². The standard InChI is InChI=1S/C15H21N3O2/c1-15(2,3)11-6-4-5-7-12(11)17-10-13(19)18-9-8-16-14(18)20/h4-7,17H,8-10H2,1-3H3,(H,16,20). The predicted octanol–water partition coefficient (Wildman–Crippen LogP) is 1.95. The Balaban J connectivity index is 2.04. The van der Waals surface area contributed by atoms with Crippen LogP contribution >= 0.6 is 0 Å². The SMILES string of the molecule is CC(C)(C)c1ccccc1NCC(=O)N1CCNC1=O. The van der Waals surface area contributed by atoms with Crippen LogP contribution in [0.25, 0.3) is 0 Å². The maximum absolute atomic E-state index is 12.0. The van der Waals surface area contributed by atoms with Crippen LogP contribution < -0.4 is 10.6 Å². The van der Waals surface area contributed by atoms with Gasteiger partial charge in [0.2, 0.25) is 5.91 Å². The molecule has 0 aromatic heterocycles. The highest BCUT2D eigenvalue weighted by Gasteiger charge is 2.26. The molecule has 0 spiro atoms. The fraction of sp³-hybridized carbons (Fsp3) is 0.467. The lowest BCUT2D eigenvalue weighted by molar-refractivity contribution is -0.125. The van der Waals surface area contributed by atoms with Crippen molar-refractivity contribution in [1.82, 2.24) is 10.2 Å². The molecule has 3 amide bonds. The average molecular weight is 275 g/mol. The van der Waals surface area contributed by atoms with Gasteiger partial charge >= 0.3 is 6.03 Å². The van der Waals surface area contributed by atoms with Crippen LogP contribution in [0.2, 0.25) is 0 Å². The number of carbonyl (C=O) groups is 2. The van der Waals surface area contributed by atoms with E-state index in [2.05, 4.69) is 37.5 Å². The number of hydrogen-bond donors (Lipinski definition) is 2. The Morgan fingerprint density at radius 3 is 2.65 bits per heavy atom. The van der Waals surface area contributed by atoms with Crippen molar-refractivity contribution in [3.8, 4) is 0 Å². The van der Waals surface area contributed by atoms with Crippen molar-refractivity contribution >= 4 is 17.6 Å². The lowest BCUT2D eigenvalue weighted by Crippen LogP contribution is -2.38. The van der Waals surface area contributed by atoms with E-state index in [1.54, 1.807) is 0 Å². The van der Waals surface area contributed by atoms with Gasteiger partial charge in [0.15, 0.2) is 0 Å². The second-order valence-corrected chi connectivity index (χ2v) is 5.93. The number of rotatable bonds is 3. The summed E-state index contributed by atoms with van der Waals surface area (Å²) in [7, 11) is 0. The number of carbonyl (C=O) groups excluding carboxylic acids is 2. The summed E-state index contributed by atoms with van der Waals surface area (Å²) in [5.41, 5.74) is 2.09. The van der Waals surface area contributed by atoms with E-state index < -0.39 is 0 Å². The minimum absolute atomic E-state index is 0.00232. The summed E-state index contributed by atoms with van der Waals surface area (Å²) < 4.78 is 0. The molecule has 1 fully saturated rings. The third-order valence-corrected chi connectivity index (χ3v) is 3.32. The van der Waals surface area contributed by atoms with Crippen LogP contribution in [-0.2, 0) is 10.2 Å². The lowest BCUT2D eigenvalue weighted by atomic mass is 9.86. The first-order valence-electron chi connectivity index (χ1n) is 6.81. The van der Waals surface area contributed by atoms with Crippen LogP contribution in [0.1, 0.15) is 26.3 Å². The Hall–Kier alpha value is -2.04. The summed E-state index contributed by atoms with van der Waals surface area (Å²) in [6, 6.07) is 7.63. The highest BCUT2D eigenvalue weighted by molar-refractivity contribution is 5.97. The molecule has 0 radical (unpaired) electrons. The van der Waals surface area contributed by atoms with Crippen LogP contribution in [0.15, 0.2) is 24.3 Å². The fourth-order valence-corrected chi connectivity index (χ4v) is 2.27. The molecule has 0 bridgehead atoms. The Bertz CT molecular complexity index is 520. The second-order valence-electron chi connectivity index (χ2n) is 5.93. The molecule has 0 unspecified atom stereocenters. The first-order chi connectivity index (χ1) is 9.39. The molecule has 0 saturated carbocycles. The molecule has 1 heterocycles. The van der Waals surface area contributed by atoms with Crippen molar-refractivity contribution in [1.29, 1.82) is 0 Å². The van der Waals surface area contributed by atoms with Crippen LogP contribution in [0.3, 0.4) is 0 Å². The van der Waals surface area contributed by atoms with E-state index in [1.807, 2.05) is 18.2 Å². The van der Waals surface area contributed by atoms with Gasteiger partial charge in [0.05, 0.1) is 6.54 Å². The summed E-state index contributed by atoms with van der Waals surface area (Å²) in [6.07, 6.45) is 0. The number of imide groups is 1. The number of nitrogens with zero attached hydrogens (tertiary/aromatic N) is 1. The van der Waals surface area contributed by atoms with Gasteiger partial charge in [0.25, 0.3) is 0 Å². The van der Waals surface area contributed by atoms with Crippen LogP contribution in [0.4, 0.5) is 10.5 Å². The normalized spacial score (nSPS) is 15.2. The van der Waals surface area contributed by atoms with Gasteiger partial charge in [-0.05, 0) is 17.0 Å². The zero-order chi connectivity index (χ0) is 14.8. The van der Waals surface area contributed by atoms with Gasteiger partial charge in [0.1, 0.15) is 0 Å². The second kappa shape index (κ2) is 5.53. The zero-order valence-electron chi connectivity index (χ0n) is 12.2. The number of hydrogen-bond acceptors (Lipinski definition) is 3. The van der Waals surface area contributed by atoms with Crippen molar-refractivity contribution in [2.45, 2.75) is 26.2 Å². The van der Waals surface area contributed by atoms with E-state index in [0.29, 0.717) is 13.1 Å². The van der Waals surface area contributed by atoms with E-state index >= 15 is 0 Å². The third-order valence-electron chi connectivity index (χ3n) is 3.32. The first kappa shape index (κ1) is 14.4. The molecule has 1 aromatic rings. The van der Waals surface area contributed by atoms with E-state index in [0.717, 1.165) is 11.3 Å². The van der Waals surface area contributed by atoms with Gasteiger partial charge < -0.3 is 10.6 Å². The van der Waals surface area contributed by atoms with Gasteiger partial charge in [-0.25, -0.2) is 4.79 Å². The number of para-hydroxylation sites is 1. The number of nitrogens with one attached hydrogen (secondary N) is 2. The van der Waals surface area contributed by atoms with Crippen molar-refractivity contribution in [3.63, 3.8) is 0 Å². The van der Waals surface area contributed by atoms with E-state index in [9.17, 15) is 9.59 Å². The molecule has 5 nitrogen and oxygen atoms in total.